The molecule has 1 atom stereocenters. The zero-order chi connectivity index (χ0) is 12.1. The van der Waals surface area contributed by atoms with Gasteiger partial charge in [-0.2, -0.15) is 0 Å². The minimum atomic E-state index is 0.321. The smallest absolute Gasteiger partial charge is 0.124 e. The third-order valence-electron chi connectivity index (χ3n) is 2.64. The van der Waals surface area contributed by atoms with E-state index in [9.17, 15) is 0 Å². The molecule has 0 amide bonds. The Morgan fingerprint density at radius 2 is 1.94 bits per heavy atom. The topological polar surface area (TPSA) is 21.3 Å². The summed E-state index contributed by atoms with van der Waals surface area (Å²) in [5, 5.41) is 3.26. The van der Waals surface area contributed by atoms with E-state index in [0.29, 0.717) is 12.0 Å². The van der Waals surface area contributed by atoms with Crippen LogP contribution in [-0.4, -0.2) is 13.7 Å². The van der Waals surface area contributed by atoms with E-state index in [0.717, 1.165) is 12.4 Å². The standard InChI is InChI=1S/C14H23NO/c1-10(2)9-16-14-7-6-11(3)8-13(14)12(4)15-5/h6-8,10,12,15H,9H2,1-5H3. The Balaban J connectivity index is 2.89. The van der Waals surface area contributed by atoms with Crippen LogP contribution in [0.2, 0.25) is 0 Å². The summed E-state index contributed by atoms with van der Waals surface area (Å²) in [6.07, 6.45) is 0. The van der Waals surface area contributed by atoms with Gasteiger partial charge in [0, 0.05) is 11.6 Å². The van der Waals surface area contributed by atoms with E-state index in [4.69, 9.17) is 4.74 Å². The van der Waals surface area contributed by atoms with E-state index in [1.54, 1.807) is 0 Å². The second-order valence-corrected chi connectivity index (χ2v) is 4.76. The Hall–Kier alpha value is -1.02. The minimum absolute atomic E-state index is 0.321. The fraction of sp³-hybridized carbons (Fsp3) is 0.571. The fourth-order valence-electron chi connectivity index (χ4n) is 1.55. The van der Waals surface area contributed by atoms with Crippen molar-refractivity contribution in [2.24, 2.45) is 5.92 Å². The summed E-state index contributed by atoms with van der Waals surface area (Å²) in [6.45, 7) is 9.35. The van der Waals surface area contributed by atoms with E-state index in [1.807, 2.05) is 7.05 Å². The first-order valence-electron chi connectivity index (χ1n) is 5.95. The Kier molecular flexibility index (Phi) is 4.81. The van der Waals surface area contributed by atoms with Crippen molar-refractivity contribution in [2.45, 2.75) is 33.7 Å². The maximum atomic E-state index is 5.84. The van der Waals surface area contributed by atoms with Crippen LogP contribution in [0.1, 0.15) is 37.9 Å². The summed E-state index contributed by atoms with van der Waals surface area (Å²) >= 11 is 0. The molecule has 2 heteroatoms. The Morgan fingerprint density at radius 1 is 1.25 bits per heavy atom. The fourth-order valence-corrected chi connectivity index (χ4v) is 1.55. The number of rotatable bonds is 5. The van der Waals surface area contributed by atoms with Gasteiger partial charge in [0.2, 0.25) is 0 Å². The van der Waals surface area contributed by atoms with E-state index < -0.39 is 0 Å². The number of aryl methyl sites for hydroxylation is 1. The molecule has 1 aromatic rings. The molecule has 1 N–H and O–H groups in total. The van der Waals surface area contributed by atoms with Crippen molar-refractivity contribution >= 4 is 0 Å². The van der Waals surface area contributed by atoms with Gasteiger partial charge in [-0.3, -0.25) is 0 Å². The summed E-state index contributed by atoms with van der Waals surface area (Å²) < 4.78 is 5.84. The molecule has 0 aliphatic heterocycles. The SMILES string of the molecule is CNC(C)c1cc(C)ccc1OCC(C)C. The lowest BCUT2D eigenvalue weighted by Crippen LogP contribution is -2.15. The second-order valence-electron chi connectivity index (χ2n) is 4.76. The number of nitrogens with one attached hydrogen (secondary N) is 1. The van der Waals surface area contributed by atoms with Gasteiger partial charge in [0.25, 0.3) is 0 Å². The third kappa shape index (κ3) is 3.53. The average Bonchev–Trinajstić information content (AvgIpc) is 2.26. The van der Waals surface area contributed by atoms with Gasteiger partial charge in [0.1, 0.15) is 5.75 Å². The zero-order valence-electron chi connectivity index (χ0n) is 11.0. The largest absolute Gasteiger partial charge is 0.493 e. The highest BCUT2D eigenvalue weighted by atomic mass is 16.5. The Bertz CT molecular complexity index is 334. The van der Waals surface area contributed by atoms with Crippen molar-refractivity contribution in [3.05, 3.63) is 29.3 Å². The van der Waals surface area contributed by atoms with E-state index >= 15 is 0 Å². The summed E-state index contributed by atoms with van der Waals surface area (Å²) in [5.41, 5.74) is 2.51. The monoisotopic (exact) mass is 221 g/mol. The Labute approximate surface area is 99.0 Å². The highest BCUT2D eigenvalue weighted by Crippen LogP contribution is 2.26. The van der Waals surface area contributed by atoms with Crippen molar-refractivity contribution in [3.8, 4) is 5.75 Å². The molecule has 0 saturated heterocycles. The van der Waals surface area contributed by atoms with Gasteiger partial charge in [0.15, 0.2) is 0 Å². The maximum Gasteiger partial charge on any atom is 0.124 e. The minimum Gasteiger partial charge on any atom is -0.493 e. The summed E-state index contributed by atoms with van der Waals surface area (Å²) in [7, 11) is 1.97. The molecule has 0 fully saturated rings. The van der Waals surface area contributed by atoms with Crippen LogP contribution in [0, 0.1) is 12.8 Å². The summed E-state index contributed by atoms with van der Waals surface area (Å²) in [5.74, 6) is 1.56. The van der Waals surface area contributed by atoms with Crippen LogP contribution in [0.4, 0.5) is 0 Å². The molecule has 90 valence electrons. The number of benzene rings is 1. The second kappa shape index (κ2) is 5.90. The molecule has 16 heavy (non-hydrogen) atoms. The van der Waals surface area contributed by atoms with Gasteiger partial charge in [-0.15, -0.1) is 0 Å². The third-order valence-corrected chi connectivity index (χ3v) is 2.64. The molecule has 0 radical (unpaired) electrons. The first-order chi connectivity index (χ1) is 7.54. The molecule has 2 nitrogen and oxygen atoms in total. The molecule has 0 heterocycles. The van der Waals surface area contributed by atoms with Gasteiger partial charge < -0.3 is 10.1 Å². The molecule has 1 unspecified atom stereocenters. The van der Waals surface area contributed by atoms with Crippen LogP contribution in [0.5, 0.6) is 5.75 Å². The molecular formula is C14H23NO. The van der Waals surface area contributed by atoms with Gasteiger partial charge in [0.05, 0.1) is 6.61 Å². The van der Waals surface area contributed by atoms with Gasteiger partial charge in [-0.1, -0.05) is 31.5 Å². The van der Waals surface area contributed by atoms with E-state index in [2.05, 4.69) is 51.2 Å². The van der Waals surface area contributed by atoms with Crippen LogP contribution in [0.3, 0.4) is 0 Å². The van der Waals surface area contributed by atoms with Crippen molar-refractivity contribution in [3.63, 3.8) is 0 Å². The lowest BCUT2D eigenvalue weighted by atomic mass is 10.0. The quantitative estimate of drug-likeness (QED) is 0.823. The van der Waals surface area contributed by atoms with Gasteiger partial charge in [-0.05, 0) is 32.9 Å². The normalized spacial score (nSPS) is 12.9. The van der Waals surface area contributed by atoms with E-state index in [-0.39, 0.29) is 0 Å². The van der Waals surface area contributed by atoms with Crippen molar-refractivity contribution in [1.29, 1.82) is 0 Å². The van der Waals surface area contributed by atoms with E-state index in [1.165, 1.54) is 11.1 Å². The first-order valence-corrected chi connectivity index (χ1v) is 5.95. The molecular weight excluding hydrogens is 198 g/mol. The first kappa shape index (κ1) is 13.0. The maximum absolute atomic E-state index is 5.84. The predicted octanol–water partition coefficient (Wildman–Crippen LogP) is 3.31. The van der Waals surface area contributed by atoms with Crippen LogP contribution in [0.25, 0.3) is 0 Å². The van der Waals surface area contributed by atoms with Crippen LogP contribution < -0.4 is 10.1 Å². The van der Waals surface area contributed by atoms with Crippen LogP contribution in [0.15, 0.2) is 18.2 Å². The highest BCUT2D eigenvalue weighted by Gasteiger charge is 2.10. The number of ether oxygens (including phenoxy) is 1. The zero-order valence-corrected chi connectivity index (χ0v) is 11.0. The van der Waals surface area contributed by atoms with Gasteiger partial charge in [-0.25, -0.2) is 0 Å². The van der Waals surface area contributed by atoms with Crippen molar-refractivity contribution < 1.29 is 4.74 Å². The lowest BCUT2D eigenvalue weighted by Gasteiger charge is -2.18. The van der Waals surface area contributed by atoms with Crippen LogP contribution >= 0.6 is 0 Å². The summed E-state index contributed by atoms with van der Waals surface area (Å²) in [4.78, 5) is 0. The lowest BCUT2D eigenvalue weighted by molar-refractivity contribution is 0.266. The van der Waals surface area contributed by atoms with Crippen LogP contribution in [-0.2, 0) is 0 Å². The van der Waals surface area contributed by atoms with Gasteiger partial charge >= 0.3 is 0 Å². The summed E-state index contributed by atoms with van der Waals surface area (Å²) in [6, 6.07) is 6.68. The molecule has 1 aromatic carbocycles. The molecule has 0 bridgehead atoms. The average molecular weight is 221 g/mol. The molecule has 0 spiro atoms. The Morgan fingerprint density at radius 3 is 2.50 bits per heavy atom. The molecule has 0 saturated carbocycles. The highest BCUT2D eigenvalue weighted by molar-refractivity contribution is 5.38. The predicted molar refractivity (Wildman–Crippen MR) is 69.0 cm³/mol. The number of hydrogen-bond acceptors (Lipinski definition) is 2. The molecule has 0 aliphatic rings. The van der Waals surface area contributed by atoms with Crippen molar-refractivity contribution in [1.82, 2.24) is 5.32 Å². The molecule has 0 aromatic heterocycles. The van der Waals surface area contributed by atoms with Crippen molar-refractivity contribution in [2.75, 3.05) is 13.7 Å². The molecule has 1 rings (SSSR count). The number of hydrogen-bond donors (Lipinski definition) is 1. The molecule has 0 aliphatic carbocycles.